The molecule has 0 aliphatic heterocycles. The lowest BCUT2D eigenvalue weighted by Crippen LogP contribution is -1.94. The number of aromatic amines is 1. The molecule has 3 heteroatoms. The second-order valence-corrected chi connectivity index (χ2v) is 3.30. The standard InChI is InChI=1S/C8H13N3/c1-6-8(10-11-9-6)7-4-2-3-5-7/h7H,2-5H2,1H3,(H,9,10,11). The summed E-state index contributed by atoms with van der Waals surface area (Å²) >= 11 is 0. The minimum Gasteiger partial charge on any atom is -0.262 e. The Kier molecular flexibility index (Phi) is 1.64. The van der Waals surface area contributed by atoms with Crippen molar-refractivity contribution >= 4 is 0 Å². The van der Waals surface area contributed by atoms with Gasteiger partial charge in [-0.15, -0.1) is 5.10 Å². The van der Waals surface area contributed by atoms with Crippen molar-refractivity contribution in [1.29, 1.82) is 0 Å². The quantitative estimate of drug-likeness (QED) is 0.664. The van der Waals surface area contributed by atoms with Crippen molar-refractivity contribution in [2.45, 2.75) is 38.5 Å². The minimum absolute atomic E-state index is 0.689. The third-order valence-corrected chi connectivity index (χ3v) is 2.50. The maximum Gasteiger partial charge on any atom is 0.0884 e. The molecule has 1 aliphatic carbocycles. The highest BCUT2D eigenvalue weighted by atomic mass is 15.3. The smallest absolute Gasteiger partial charge is 0.0884 e. The third-order valence-electron chi connectivity index (χ3n) is 2.50. The van der Waals surface area contributed by atoms with Crippen LogP contribution in [0.5, 0.6) is 0 Å². The van der Waals surface area contributed by atoms with E-state index in [1.165, 1.54) is 31.4 Å². The summed E-state index contributed by atoms with van der Waals surface area (Å²) in [5.74, 6) is 0.689. The number of H-pyrrole nitrogens is 1. The first kappa shape index (κ1) is 6.83. The van der Waals surface area contributed by atoms with E-state index in [4.69, 9.17) is 0 Å². The van der Waals surface area contributed by atoms with Gasteiger partial charge in [0, 0.05) is 5.92 Å². The molecule has 1 heterocycles. The minimum atomic E-state index is 0.689. The van der Waals surface area contributed by atoms with E-state index in [-0.39, 0.29) is 0 Å². The first-order chi connectivity index (χ1) is 5.38. The van der Waals surface area contributed by atoms with E-state index in [0.717, 1.165) is 5.69 Å². The largest absolute Gasteiger partial charge is 0.262 e. The van der Waals surface area contributed by atoms with Gasteiger partial charge in [0.05, 0.1) is 11.4 Å². The van der Waals surface area contributed by atoms with Crippen LogP contribution in [0.3, 0.4) is 0 Å². The van der Waals surface area contributed by atoms with Crippen molar-refractivity contribution < 1.29 is 0 Å². The zero-order valence-corrected chi connectivity index (χ0v) is 6.80. The lowest BCUT2D eigenvalue weighted by molar-refractivity contribution is 0.688. The molecule has 0 spiro atoms. The normalized spacial score (nSPS) is 19.4. The van der Waals surface area contributed by atoms with Gasteiger partial charge in [0.1, 0.15) is 0 Å². The fourth-order valence-electron chi connectivity index (χ4n) is 1.87. The summed E-state index contributed by atoms with van der Waals surface area (Å²) in [7, 11) is 0. The molecule has 1 aromatic rings. The molecule has 1 fully saturated rings. The predicted molar refractivity (Wildman–Crippen MR) is 42.3 cm³/mol. The van der Waals surface area contributed by atoms with Gasteiger partial charge in [-0.05, 0) is 19.8 Å². The fraction of sp³-hybridized carbons (Fsp3) is 0.750. The van der Waals surface area contributed by atoms with E-state index in [0.29, 0.717) is 5.92 Å². The molecule has 3 nitrogen and oxygen atoms in total. The monoisotopic (exact) mass is 151 g/mol. The van der Waals surface area contributed by atoms with Gasteiger partial charge < -0.3 is 0 Å². The Morgan fingerprint density at radius 1 is 1.36 bits per heavy atom. The molecule has 1 saturated carbocycles. The summed E-state index contributed by atoms with van der Waals surface area (Å²) in [6, 6.07) is 0. The first-order valence-corrected chi connectivity index (χ1v) is 4.25. The summed E-state index contributed by atoms with van der Waals surface area (Å²) in [5.41, 5.74) is 2.35. The Morgan fingerprint density at radius 3 is 2.64 bits per heavy atom. The molecular weight excluding hydrogens is 138 g/mol. The maximum absolute atomic E-state index is 4.09. The van der Waals surface area contributed by atoms with Crippen LogP contribution in [0, 0.1) is 6.92 Å². The van der Waals surface area contributed by atoms with E-state index in [2.05, 4.69) is 15.4 Å². The molecule has 1 aromatic heterocycles. The van der Waals surface area contributed by atoms with Crippen molar-refractivity contribution in [2.75, 3.05) is 0 Å². The zero-order valence-electron chi connectivity index (χ0n) is 6.80. The third kappa shape index (κ3) is 1.15. The van der Waals surface area contributed by atoms with Crippen LogP contribution < -0.4 is 0 Å². The molecule has 60 valence electrons. The summed E-state index contributed by atoms with van der Waals surface area (Å²) < 4.78 is 0. The lowest BCUT2D eigenvalue weighted by Gasteiger charge is -2.03. The fourth-order valence-corrected chi connectivity index (χ4v) is 1.87. The molecule has 0 atom stereocenters. The van der Waals surface area contributed by atoms with E-state index in [9.17, 15) is 0 Å². The van der Waals surface area contributed by atoms with Crippen LogP contribution in [0.4, 0.5) is 0 Å². The highest BCUT2D eigenvalue weighted by molar-refractivity contribution is 5.13. The van der Waals surface area contributed by atoms with Crippen LogP contribution in [-0.4, -0.2) is 15.4 Å². The second kappa shape index (κ2) is 2.64. The maximum atomic E-state index is 4.09. The summed E-state index contributed by atoms with van der Waals surface area (Å²) in [6.45, 7) is 2.05. The van der Waals surface area contributed by atoms with Gasteiger partial charge in [-0.2, -0.15) is 0 Å². The molecule has 11 heavy (non-hydrogen) atoms. The van der Waals surface area contributed by atoms with Gasteiger partial charge in [-0.25, -0.2) is 0 Å². The summed E-state index contributed by atoms with van der Waals surface area (Å²) in [4.78, 5) is 0. The number of nitrogens with one attached hydrogen (secondary N) is 1. The summed E-state index contributed by atoms with van der Waals surface area (Å²) in [5, 5.41) is 10.8. The molecule has 2 rings (SSSR count). The van der Waals surface area contributed by atoms with Crippen LogP contribution in [-0.2, 0) is 0 Å². The van der Waals surface area contributed by atoms with Crippen LogP contribution in [0.15, 0.2) is 0 Å². The molecule has 0 bridgehead atoms. The van der Waals surface area contributed by atoms with Gasteiger partial charge in [-0.3, -0.25) is 5.10 Å². The molecular formula is C8H13N3. The van der Waals surface area contributed by atoms with Crippen molar-refractivity contribution in [1.82, 2.24) is 15.4 Å². The molecule has 1 aliphatic rings. The molecule has 0 radical (unpaired) electrons. The molecule has 1 N–H and O–H groups in total. The van der Waals surface area contributed by atoms with Crippen LogP contribution in [0.2, 0.25) is 0 Å². The highest BCUT2D eigenvalue weighted by Crippen LogP contribution is 2.33. The van der Waals surface area contributed by atoms with Gasteiger partial charge in [-0.1, -0.05) is 18.1 Å². The van der Waals surface area contributed by atoms with Gasteiger partial charge in [0.25, 0.3) is 0 Å². The average Bonchev–Trinajstić information content (AvgIpc) is 2.55. The zero-order chi connectivity index (χ0) is 7.68. The highest BCUT2D eigenvalue weighted by Gasteiger charge is 2.20. The van der Waals surface area contributed by atoms with Crippen molar-refractivity contribution in [2.24, 2.45) is 0 Å². The number of aromatic nitrogens is 3. The molecule has 0 amide bonds. The molecule has 0 saturated heterocycles. The van der Waals surface area contributed by atoms with Crippen LogP contribution >= 0.6 is 0 Å². The number of nitrogens with zero attached hydrogens (tertiary/aromatic N) is 2. The second-order valence-electron chi connectivity index (χ2n) is 3.30. The first-order valence-electron chi connectivity index (χ1n) is 4.25. The van der Waals surface area contributed by atoms with E-state index in [1.807, 2.05) is 6.92 Å². The van der Waals surface area contributed by atoms with Gasteiger partial charge in [0.15, 0.2) is 0 Å². The van der Waals surface area contributed by atoms with E-state index >= 15 is 0 Å². The predicted octanol–water partition coefficient (Wildman–Crippen LogP) is 1.77. The Balaban J connectivity index is 2.21. The average molecular weight is 151 g/mol. The van der Waals surface area contributed by atoms with Crippen molar-refractivity contribution in [3.8, 4) is 0 Å². The molecule has 0 unspecified atom stereocenters. The number of aryl methyl sites for hydroxylation is 1. The Bertz CT molecular complexity index is 235. The van der Waals surface area contributed by atoms with E-state index in [1.54, 1.807) is 0 Å². The van der Waals surface area contributed by atoms with E-state index < -0.39 is 0 Å². The Hall–Kier alpha value is -0.860. The van der Waals surface area contributed by atoms with Crippen LogP contribution in [0.25, 0.3) is 0 Å². The number of hydrogen-bond acceptors (Lipinski definition) is 2. The summed E-state index contributed by atoms with van der Waals surface area (Å²) in [6.07, 6.45) is 5.31. The van der Waals surface area contributed by atoms with Crippen molar-refractivity contribution in [3.05, 3.63) is 11.4 Å². The number of hydrogen-bond donors (Lipinski definition) is 1. The Labute approximate surface area is 66.2 Å². The SMILES string of the molecule is Cc1[nH]nnc1C1CCCC1. The Morgan fingerprint density at radius 2 is 2.09 bits per heavy atom. The topological polar surface area (TPSA) is 41.6 Å². The van der Waals surface area contributed by atoms with Gasteiger partial charge >= 0.3 is 0 Å². The van der Waals surface area contributed by atoms with Crippen LogP contribution in [0.1, 0.15) is 43.0 Å². The number of rotatable bonds is 1. The van der Waals surface area contributed by atoms with Crippen molar-refractivity contribution in [3.63, 3.8) is 0 Å². The lowest BCUT2D eigenvalue weighted by atomic mass is 10.0. The molecule has 0 aromatic carbocycles. The van der Waals surface area contributed by atoms with Gasteiger partial charge in [0.2, 0.25) is 0 Å².